The fourth-order valence-electron chi connectivity index (χ4n) is 2.97. The average Bonchev–Trinajstić information content (AvgIpc) is 2.61. The third-order valence-corrected chi connectivity index (χ3v) is 4.33. The van der Waals surface area contributed by atoms with Crippen LogP contribution >= 0.6 is 0 Å². The largest absolute Gasteiger partial charge is 0.494 e. The summed E-state index contributed by atoms with van der Waals surface area (Å²) in [4.78, 5) is 4.28. The monoisotopic (exact) mass is 323 g/mol. The maximum Gasteiger partial charge on any atom is 0.191 e. The summed E-state index contributed by atoms with van der Waals surface area (Å²) in [6.07, 6.45) is 2.09. The summed E-state index contributed by atoms with van der Waals surface area (Å²) in [7, 11) is 1.81. The van der Waals surface area contributed by atoms with Crippen molar-refractivity contribution < 1.29 is 4.74 Å². The first-order valence-corrected chi connectivity index (χ1v) is 8.57. The van der Waals surface area contributed by atoms with E-state index in [0.717, 1.165) is 37.6 Å². The smallest absolute Gasteiger partial charge is 0.191 e. The molecule has 4 heteroatoms. The first-order valence-electron chi connectivity index (χ1n) is 8.57. The first kappa shape index (κ1) is 16.4. The Morgan fingerprint density at radius 1 is 1.08 bits per heavy atom. The van der Waals surface area contributed by atoms with Crippen LogP contribution in [0.15, 0.2) is 59.6 Å². The molecule has 2 N–H and O–H groups in total. The van der Waals surface area contributed by atoms with Crippen molar-refractivity contribution in [2.45, 2.75) is 18.8 Å². The van der Waals surface area contributed by atoms with Gasteiger partial charge in [0.15, 0.2) is 5.96 Å². The van der Waals surface area contributed by atoms with Crippen LogP contribution in [0.1, 0.15) is 23.5 Å². The highest BCUT2D eigenvalue weighted by Crippen LogP contribution is 2.33. The van der Waals surface area contributed by atoms with Gasteiger partial charge in [-0.2, -0.15) is 0 Å². The molecular weight excluding hydrogens is 298 g/mol. The second-order valence-corrected chi connectivity index (χ2v) is 5.99. The molecule has 2 aromatic rings. The molecule has 1 atom stereocenters. The molecule has 0 aliphatic heterocycles. The van der Waals surface area contributed by atoms with Crippen LogP contribution in [0.25, 0.3) is 0 Å². The Morgan fingerprint density at radius 2 is 1.88 bits per heavy atom. The summed E-state index contributed by atoms with van der Waals surface area (Å²) in [6, 6.07) is 18.6. The number of ether oxygens (including phenoxy) is 1. The van der Waals surface area contributed by atoms with Crippen LogP contribution < -0.4 is 15.4 Å². The molecule has 0 aromatic heterocycles. The lowest BCUT2D eigenvalue weighted by Crippen LogP contribution is -2.41. The van der Waals surface area contributed by atoms with Crippen LogP contribution in [0.2, 0.25) is 0 Å². The van der Waals surface area contributed by atoms with Gasteiger partial charge in [0, 0.05) is 26.1 Å². The second kappa shape index (κ2) is 8.39. The molecule has 126 valence electrons. The molecular formula is C20H25N3O. The maximum absolute atomic E-state index is 5.68. The van der Waals surface area contributed by atoms with Crippen molar-refractivity contribution in [1.82, 2.24) is 10.6 Å². The van der Waals surface area contributed by atoms with Gasteiger partial charge in [-0.15, -0.1) is 0 Å². The van der Waals surface area contributed by atoms with Gasteiger partial charge in [-0.3, -0.25) is 4.99 Å². The van der Waals surface area contributed by atoms with Crippen molar-refractivity contribution >= 4 is 5.96 Å². The van der Waals surface area contributed by atoms with E-state index in [1.807, 2.05) is 37.4 Å². The standard InChI is InChI=1S/C20H25N3O/c1-21-20(22-12-7-13-24-18-9-3-2-4-10-18)23-15-17-14-16-8-5-6-11-19(16)17/h2-6,8-11,17H,7,12-15H2,1H3,(H2,21,22,23). The lowest BCUT2D eigenvalue weighted by Gasteiger charge is -2.30. The molecule has 0 radical (unpaired) electrons. The fourth-order valence-corrected chi connectivity index (χ4v) is 2.97. The van der Waals surface area contributed by atoms with Crippen molar-refractivity contribution in [1.29, 1.82) is 0 Å². The van der Waals surface area contributed by atoms with E-state index in [-0.39, 0.29) is 0 Å². The number of aliphatic imine (C=N–C) groups is 1. The average molecular weight is 323 g/mol. The van der Waals surface area contributed by atoms with Crippen LogP contribution in [-0.4, -0.2) is 32.7 Å². The molecule has 0 fully saturated rings. The number of para-hydroxylation sites is 1. The Kier molecular flexibility index (Phi) is 5.72. The first-order chi connectivity index (χ1) is 11.9. The van der Waals surface area contributed by atoms with Gasteiger partial charge in [0.2, 0.25) is 0 Å². The van der Waals surface area contributed by atoms with Gasteiger partial charge in [-0.05, 0) is 36.1 Å². The van der Waals surface area contributed by atoms with Crippen LogP contribution in [0.4, 0.5) is 0 Å². The molecule has 4 nitrogen and oxygen atoms in total. The SMILES string of the molecule is CN=C(NCCCOc1ccccc1)NCC1Cc2ccccc21. The lowest BCUT2D eigenvalue weighted by molar-refractivity contribution is 0.311. The third-order valence-electron chi connectivity index (χ3n) is 4.33. The van der Waals surface area contributed by atoms with Gasteiger partial charge in [-0.1, -0.05) is 42.5 Å². The van der Waals surface area contributed by atoms with Gasteiger partial charge >= 0.3 is 0 Å². The maximum atomic E-state index is 5.68. The summed E-state index contributed by atoms with van der Waals surface area (Å²) < 4.78 is 5.68. The van der Waals surface area contributed by atoms with E-state index in [1.54, 1.807) is 0 Å². The van der Waals surface area contributed by atoms with E-state index < -0.39 is 0 Å². The van der Waals surface area contributed by atoms with Gasteiger partial charge in [-0.25, -0.2) is 0 Å². The number of hydrogen-bond acceptors (Lipinski definition) is 2. The number of benzene rings is 2. The summed E-state index contributed by atoms with van der Waals surface area (Å²) >= 11 is 0. The summed E-state index contributed by atoms with van der Waals surface area (Å²) in [6.45, 7) is 2.47. The Labute approximate surface area is 144 Å². The molecule has 1 aliphatic carbocycles. The molecule has 0 saturated carbocycles. The summed E-state index contributed by atoms with van der Waals surface area (Å²) in [5.74, 6) is 2.38. The van der Waals surface area contributed by atoms with Gasteiger partial charge in [0.05, 0.1) is 6.61 Å². The minimum Gasteiger partial charge on any atom is -0.494 e. The molecule has 0 spiro atoms. The summed E-state index contributed by atoms with van der Waals surface area (Å²) in [5.41, 5.74) is 2.95. The van der Waals surface area contributed by atoms with Crippen LogP contribution in [-0.2, 0) is 6.42 Å². The highest BCUT2D eigenvalue weighted by Gasteiger charge is 2.25. The minimum absolute atomic E-state index is 0.598. The van der Waals surface area contributed by atoms with E-state index in [0.29, 0.717) is 12.5 Å². The van der Waals surface area contributed by atoms with Crippen molar-refractivity contribution in [3.8, 4) is 5.75 Å². The topological polar surface area (TPSA) is 45.7 Å². The fraction of sp³-hybridized carbons (Fsp3) is 0.350. The van der Waals surface area contributed by atoms with Gasteiger partial charge in [0.1, 0.15) is 5.75 Å². The third kappa shape index (κ3) is 4.28. The Balaban J connectivity index is 1.31. The van der Waals surface area contributed by atoms with Crippen molar-refractivity contribution in [2.75, 3.05) is 26.7 Å². The molecule has 0 bridgehead atoms. The molecule has 1 aliphatic rings. The van der Waals surface area contributed by atoms with Gasteiger partial charge in [0.25, 0.3) is 0 Å². The number of rotatable bonds is 7. The zero-order chi connectivity index (χ0) is 16.6. The molecule has 3 rings (SSSR count). The van der Waals surface area contributed by atoms with Crippen LogP contribution in [0.5, 0.6) is 5.75 Å². The van der Waals surface area contributed by atoms with E-state index >= 15 is 0 Å². The Morgan fingerprint density at radius 3 is 2.67 bits per heavy atom. The number of nitrogens with zero attached hydrogens (tertiary/aromatic N) is 1. The number of fused-ring (bicyclic) bond motifs is 1. The van der Waals surface area contributed by atoms with Crippen molar-refractivity contribution in [2.24, 2.45) is 4.99 Å². The highest BCUT2D eigenvalue weighted by molar-refractivity contribution is 5.79. The lowest BCUT2D eigenvalue weighted by atomic mass is 9.78. The summed E-state index contributed by atoms with van der Waals surface area (Å²) in [5, 5.41) is 6.76. The molecule has 2 aromatic carbocycles. The van der Waals surface area contributed by atoms with Crippen molar-refractivity contribution in [3.05, 3.63) is 65.7 Å². The normalized spacial score (nSPS) is 16.0. The van der Waals surface area contributed by atoms with Crippen molar-refractivity contribution in [3.63, 3.8) is 0 Å². The number of hydrogen-bond donors (Lipinski definition) is 2. The molecule has 0 saturated heterocycles. The molecule has 0 heterocycles. The van der Waals surface area contributed by atoms with Crippen LogP contribution in [0, 0.1) is 0 Å². The highest BCUT2D eigenvalue weighted by atomic mass is 16.5. The number of guanidine groups is 1. The van der Waals surface area contributed by atoms with Gasteiger partial charge < -0.3 is 15.4 Å². The van der Waals surface area contributed by atoms with E-state index in [2.05, 4.69) is 39.9 Å². The molecule has 24 heavy (non-hydrogen) atoms. The predicted octanol–water partition coefficient (Wildman–Crippen LogP) is 2.96. The number of nitrogens with one attached hydrogen (secondary N) is 2. The molecule has 1 unspecified atom stereocenters. The predicted molar refractivity (Wildman–Crippen MR) is 98.8 cm³/mol. The minimum atomic E-state index is 0.598. The van der Waals surface area contributed by atoms with Crippen LogP contribution in [0.3, 0.4) is 0 Å². The Bertz CT molecular complexity index is 670. The van der Waals surface area contributed by atoms with E-state index in [9.17, 15) is 0 Å². The second-order valence-electron chi connectivity index (χ2n) is 5.99. The Hall–Kier alpha value is -2.49. The quantitative estimate of drug-likeness (QED) is 0.468. The zero-order valence-corrected chi connectivity index (χ0v) is 14.2. The zero-order valence-electron chi connectivity index (χ0n) is 14.2. The van der Waals surface area contributed by atoms with E-state index in [1.165, 1.54) is 11.1 Å². The van der Waals surface area contributed by atoms with E-state index in [4.69, 9.17) is 4.74 Å². The molecule has 0 amide bonds.